The van der Waals surface area contributed by atoms with Gasteiger partial charge in [0.25, 0.3) is 0 Å². The van der Waals surface area contributed by atoms with Crippen molar-refractivity contribution >= 4 is 27.6 Å². The number of hydrogen-bond donors (Lipinski definition) is 2. The lowest BCUT2D eigenvalue weighted by atomic mass is 10.2. The molecule has 1 aromatic rings. The van der Waals surface area contributed by atoms with Crippen LogP contribution in [0.25, 0.3) is 0 Å². The third kappa shape index (κ3) is 3.14. The standard InChI is InChI=1S/C12H14N2O5S/c1-2-19-12(16)7-13-20(17,18)9-3-4-10-8(5-9)6-11(15)14-10/h3-5,13H,2,6-7H2,1H3,(H,14,15). The monoisotopic (exact) mass is 298 g/mol. The van der Waals surface area contributed by atoms with Crippen molar-refractivity contribution in [2.24, 2.45) is 0 Å². The smallest absolute Gasteiger partial charge is 0.321 e. The van der Waals surface area contributed by atoms with Crippen molar-refractivity contribution in [2.45, 2.75) is 18.2 Å². The Bertz CT molecular complexity index is 654. The van der Waals surface area contributed by atoms with Crippen LogP contribution >= 0.6 is 0 Å². The van der Waals surface area contributed by atoms with Crippen molar-refractivity contribution in [1.82, 2.24) is 4.72 Å². The lowest BCUT2D eigenvalue weighted by molar-refractivity contribution is -0.141. The van der Waals surface area contributed by atoms with Gasteiger partial charge < -0.3 is 10.1 Å². The number of esters is 1. The van der Waals surface area contributed by atoms with Gasteiger partial charge in [0.05, 0.1) is 17.9 Å². The largest absolute Gasteiger partial charge is 0.465 e. The van der Waals surface area contributed by atoms with Crippen LogP contribution < -0.4 is 10.0 Å². The third-order valence-electron chi connectivity index (χ3n) is 2.72. The lowest BCUT2D eigenvalue weighted by Gasteiger charge is -2.07. The molecule has 1 heterocycles. The summed E-state index contributed by atoms with van der Waals surface area (Å²) in [4.78, 5) is 22.4. The van der Waals surface area contributed by atoms with Gasteiger partial charge in [-0.1, -0.05) is 0 Å². The van der Waals surface area contributed by atoms with E-state index in [2.05, 4.69) is 14.8 Å². The molecule has 0 aliphatic carbocycles. The topological polar surface area (TPSA) is 102 Å². The number of nitrogens with one attached hydrogen (secondary N) is 2. The van der Waals surface area contributed by atoms with Gasteiger partial charge in [0.2, 0.25) is 15.9 Å². The zero-order valence-corrected chi connectivity index (χ0v) is 11.6. The fourth-order valence-electron chi connectivity index (χ4n) is 1.82. The highest BCUT2D eigenvalue weighted by atomic mass is 32.2. The van der Waals surface area contributed by atoms with Gasteiger partial charge in [0.1, 0.15) is 6.54 Å². The quantitative estimate of drug-likeness (QED) is 0.746. The number of hydrogen-bond acceptors (Lipinski definition) is 5. The highest BCUT2D eigenvalue weighted by Crippen LogP contribution is 2.25. The number of amides is 1. The van der Waals surface area contributed by atoms with Crippen LogP contribution in [0.1, 0.15) is 12.5 Å². The van der Waals surface area contributed by atoms with Gasteiger partial charge in [-0.15, -0.1) is 0 Å². The Morgan fingerprint density at radius 2 is 2.20 bits per heavy atom. The van der Waals surface area contributed by atoms with Crippen molar-refractivity contribution in [1.29, 1.82) is 0 Å². The van der Waals surface area contributed by atoms with Gasteiger partial charge in [-0.2, -0.15) is 4.72 Å². The van der Waals surface area contributed by atoms with E-state index in [4.69, 9.17) is 0 Å². The molecule has 0 bridgehead atoms. The Balaban J connectivity index is 2.13. The van der Waals surface area contributed by atoms with E-state index in [1.807, 2.05) is 0 Å². The summed E-state index contributed by atoms with van der Waals surface area (Å²) in [6.45, 7) is 1.40. The van der Waals surface area contributed by atoms with Crippen LogP contribution in [0.3, 0.4) is 0 Å². The highest BCUT2D eigenvalue weighted by molar-refractivity contribution is 7.89. The molecule has 108 valence electrons. The summed E-state index contributed by atoms with van der Waals surface area (Å²) in [7, 11) is -3.80. The average molecular weight is 298 g/mol. The summed E-state index contributed by atoms with van der Waals surface area (Å²) >= 11 is 0. The minimum absolute atomic E-state index is 0.0112. The second-order valence-corrected chi connectivity index (χ2v) is 5.94. The van der Waals surface area contributed by atoms with Crippen LogP contribution in [0, 0.1) is 0 Å². The predicted octanol–water partition coefficient (Wildman–Crippen LogP) is 0.0226. The molecule has 0 spiro atoms. The molecule has 0 saturated carbocycles. The Hall–Kier alpha value is -1.93. The number of ether oxygens (including phenoxy) is 1. The van der Waals surface area contributed by atoms with Gasteiger partial charge in [0.15, 0.2) is 0 Å². The summed E-state index contributed by atoms with van der Waals surface area (Å²) in [6.07, 6.45) is 0.149. The van der Waals surface area contributed by atoms with Crippen molar-refractivity contribution in [3.8, 4) is 0 Å². The molecule has 0 atom stereocenters. The number of anilines is 1. The van der Waals surface area contributed by atoms with E-state index in [1.54, 1.807) is 6.92 Å². The zero-order chi connectivity index (χ0) is 14.8. The van der Waals surface area contributed by atoms with Crippen molar-refractivity contribution < 1.29 is 22.7 Å². The molecule has 0 radical (unpaired) electrons. The van der Waals surface area contributed by atoms with Crippen molar-refractivity contribution in [3.05, 3.63) is 23.8 Å². The maximum Gasteiger partial charge on any atom is 0.321 e. The first-order valence-corrected chi connectivity index (χ1v) is 7.49. The predicted molar refractivity (Wildman–Crippen MR) is 70.6 cm³/mol. The molecule has 1 aromatic carbocycles. The fraction of sp³-hybridized carbons (Fsp3) is 0.333. The second-order valence-electron chi connectivity index (χ2n) is 4.17. The highest BCUT2D eigenvalue weighted by Gasteiger charge is 2.22. The number of fused-ring (bicyclic) bond motifs is 1. The van der Waals surface area contributed by atoms with Crippen molar-refractivity contribution in [2.75, 3.05) is 18.5 Å². The van der Waals surface area contributed by atoms with Gasteiger partial charge >= 0.3 is 5.97 Å². The van der Waals surface area contributed by atoms with Gasteiger partial charge in [0, 0.05) is 5.69 Å². The van der Waals surface area contributed by atoms with E-state index in [1.165, 1.54) is 18.2 Å². The first-order valence-electron chi connectivity index (χ1n) is 6.00. The SMILES string of the molecule is CCOC(=O)CNS(=O)(=O)c1ccc2c(c1)CC(=O)N2. The van der Waals surface area contributed by atoms with E-state index >= 15 is 0 Å². The van der Waals surface area contributed by atoms with Gasteiger partial charge in [-0.05, 0) is 30.7 Å². The second kappa shape index (κ2) is 5.59. The van der Waals surface area contributed by atoms with Crippen molar-refractivity contribution in [3.63, 3.8) is 0 Å². The van der Waals surface area contributed by atoms with Crippen LogP contribution in [0.5, 0.6) is 0 Å². The molecule has 1 aliphatic heterocycles. The minimum atomic E-state index is -3.80. The molecule has 0 saturated heterocycles. The number of rotatable bonds is 5. The first kappa shape index (κ1) is 14.5. The summed E-state index contributed by atoms with van der Waals surface area (Å²) < 4.78 is 30.8. The third-order valence-corrected chi connectivity index (χ3v) is 4.12. The summed E-state index contributed by atoms with van der Waals surface area (Å²) in [5.41, 5.74) is 1.23. The fourth-order valence-corrected chi connectivity index (χ4v) is 2.84. The zero-order valence-electron chi connectivity index (χ0n) is 10.8. The Kier molecular flexibility index (Phi) is 4.05. The molecular weight excluding hydrogens is 284 g/mol. The summed E-state index contributed by atoms with van der Waals surface area (Å²) in [5, 5.41) is 2.61. The van der Waals surface area contributed by atoms with E-state index < -0.39 is 22.5 Å². The van der Waals surface area contributed by atoms with Crippen LogP contribution in [0.2, 0.25) is 0 Å². The van der Waals surface area contributed by atoms with E-state index in [0.717, 1.165) is 0 Å². The minimum Gasteiger partial charge on any atom is -0.465 e. The van der Waals surface area contributed by atoms with Crippen LogP contribution in [-0.4, -0.2) is 33.4 Å². The molecule has 1 aliphatic rings. The average Bonchev–Trinajstić information content (AvgIpc) is 2.76. The van der Waals surface area contributed by atoms with Gasteiger partial charge in [-0.25, -0.2) is 8.42 Å². The summed E-state index contributed by atoms with van der Waals surface area (Å²) in [5.74, 6) is -0.817. The molecule has 0 aromatic heterocycles. The Morgan fingerprint density at radius 3 is 2.90 bits per heavy atom. The molecule has 8 heteroatoms. The molecule has 0 fully saturated rings. The molecular formula is C12H14N2O5S. The molecule has 20 heavy (non-hydrogen) atoms. The first-order chi connectivity index (χ1) is 9.42. The van der Waals surface area contributed by atoms with Gasteiger partial charge in [-0.3, -0.25) is 9.59 Å². The van der Waals surface area contributed by atoms with Crippen LogP contribution in [0.4, 0.5) is 5.69 Å². The van der Waals surface area contributed by atoms with Crippen LogP contribution in [-0.2, 0) is 30.8 Å². The Labute approximate surface area is 116 Å². The summed E-state index contributed by atoms with van der Waals surface area (Å²) in [6, 6.07) is 4.32. The molecule has 2 rings (SSSR count). The molecule has 2 N–H and O–H groups in total. The van der Waals surface area contributed by atoms with E-state index in [-0.39, 0.29) is 23.8 Å². The molecule has 0 unspecified atom stereocenters. The normalized spacial score (nSPS) is 13.8. The lowest BCUT2D eigenvalue weighted by Crippen LogP contribution is -2.30. The maximum atomic E-state index is 12.0. The van der Waals surface area contributed by atoms with Crippen LogP contribution in [0.15, 0.2) is 23.1 Å². The number of carbonyl (C=O) groups excluding carboxylic acids is 2. The van der Waals surface area contributed by atoms with E-state index in [9.17, 15) is 18.0 Å². The molecule has 7 nitrogen and oxygen atoms in total. The van der Waals surface area contributed by atoms with E-state index in [0.29, 0.717) is 11.3 Å². The Morgan fingerprint density at radius 1 is 1.45 bits per heavy atom. The number of benzene rings is 1. The number of carbonyl (C=O) groups is 2. The maximum absolute atomic E-state index is 12.0. The molecule has 1 amide bonds. The number of sulfonamides is 1.